The lowest BCUT2D eigenvalue weighted by atomic mass is 10.00. The van der Waals surface area contributed by atoms with Crippen LogP contribution in [0.25, 0.3) is 94.3 Å². The fraction of sp³-hybridized carbons (Fsp3) is 0. The number of hydrogen-bond donors (Lipinski definition) is 0. The molecule has 0 aliphatic rings. The van der Waals surface area contributed by atoms with Crippen molar-refractivity contribution in [3.05, 3.63) is 182 Å². The third-order valence-electron chi connectivity index (χ3n) is 9.85. The van der Waals surface area contributed by atoms with Crippen LogP contribution in [0.4, 0.5) is 0 Å². The lowest BCUT2D eigenvalue weighted by Gasteiger charge is -2.14. The minimum absolute atomic E-state index is 0.638. The molecule has 2 heterocycles. The van der Waals surface area contributed by atoms with Crippen LogP contribution in [0.1, 0.15) is 0 Å². The number of nitrogens with zero attached hydrogens (tertiary/aromatic N) is 4. The Morgan fingerprint density at radius 2 is 0.843 bits per heavy atom. The van der Waals surface area contributed by atoms with Gasteiger partial charge in [0.25, 0.3) is 0 Å². The summed E-state index contributed by atoms with van der Waals surface area (Å²) in [6.45, 7) is 0. The second kappa shape index (κ2) is 11.9. The van der Waals surface area contributed by atoms with E-state index in [1.807, 2.05) is 18.2 Å². The molecule has 0 saturated carbocycles. The highest BCUT2D eigenvalue weighted by atomic mass is 15.0. The van der Waals surface area contributed by atoms with Crippen LogP contribution in [0.3, 0.4) is 0 Å². The molecule has 0 spiro atoms. The first-order chi connectivity index (χ1) is 25.3. The van der Waals surface area contributed by atoms with Gasteiger partial charge in [-0.05, 0) is 51.6 Å². The van der Waals surface area contributed by atoms with Crippen molar-refractivity contribution in [3.8, 4) is 51.0 Å². The van der Waals surface area contributed by atoms with E-state index in [4.69, 9.17) is 15.0 Å². The van der Waals surface area contributed by atoms with Gasteiger partial charge in [-0.15, -0.1) is 0 Å². The quantitative estimate of drug-likeness (QED) is 0.186. The van der Waals surface area contributed by atoms with E-state index in [0.717, 1.165) is 38.7 Å². The average molecular weight is 651 g/mol. The van der Waals surface area contributed by atoms with E-state index >= 15 is 0 Å². The van der Waals surface area contributed by atoms with Crippen molar-refractivity contribution in [2.24, 2.45) is 0 Å². The summed E-state index contributed by atoms with van der Waals surface area (Å²) < 4.78 is 2.38. The third kappa shape index (κ3) is 4.96. The molecular formula is C47H30N4. The SMILES string of the molecule is c1ccc(-c2nc(-c3ccc(-c4ccc5ccccc5c4)cc3)nc(-c3cccc4c(-n5c6ccccc6c6ccccc65)cccc34)n2)cc1. The first kappa shape index (κ1) is 29.0. The molecule has 10 rings (SSSR count). The summed E-state index contributed by atoms with van der Waals surface area (Å²) in [5, 5.41) is 7.15. The van der Waals surface area contributed by atoms with Gasteiger partial charge >= 0.3 is 0 Å². The predicted octanol–water partition coefficient (Wildman–Crippen LogP) is 11.9. The van der Waals surface area contributed by atoms with Gasteiger partial charge < -0.3 is 4.57 Å². The number of fused-ring (bicyclic) bond motifs is 5. The maximum Gasteiger partial charge on any atom is 0.164 e. The third-order valence-corrected chi connectivity index (χ3v) is 9.85. The maximum atomic E-state index is 5.16. The number of rotatable bonds is 5. The Bertz CT molecular complexity index is 2850. The lowest BCUT2D eigenvalue weighted by molar-refractivity contribution is 1.08. The monoisotopic (exact) mass is 650 g/mol. The van der Waals surface area contributed by atoms with Crippen molar-refractivity contribution in [1.82, 2.24) is 19.5 Å². The second-order valence-corrected chi connectivity index (χ2v) is 12.9. The zero-order chi connectivity index (χ0) is 33.7. The van der Waals surface area contributed by atoms with Gasteiger partial charge in [-0.25, -0.2) is 15.0 Å². The average Bonchev–Trinajstić information content (AvgIpc) is 3.54. The Morgan fingerprint density at radius 3 is 1.59 bits per heavy atom. The maximum absolute atomic E-state index is 5.16. The van der Waals surface area contributed by atoms with Crippen LogP contribution in [0.15, 0.2) is 182 Å². The lowest BCUT2D eigenvalue weighted by Crippen LogP contribution is -2.01. The van der Waals surface area contributed by atoms with Crippen molar-refractivity contribution < 1.29 is 0 Å². The minimum Gasteiger partial charge on any atom is -0.309 e. The smallest absolute Gasteiger partial charge is 0.164 e. The van der Waals surface area contributed by atoms with Gasteiger partial charge in [0.1, 0.15) is 0 Å². The van der Waals surface area contributed by atoms with E-state index in [1.54, 1.807) is 0 Å². The van der Waals surface area contributed by atoms with Crippen LogP contribution in [0.2, 0.25) is 0 Å². The number of para-hydroxylation sites is 2. The van der Waals surface area contributed by atoms with Gasteiger partial charge in [-0.2, -0.15) is 0 Å². The normalized spacial score (nSPS) is 11.5. The zero-order valence-corrected chi connectivity index (χ0v) is 27.6. The Balaban J connectivity index is 1.13. The number of hydrogen-bond acceptors (Lipinski definition) is 3. The summed E-state index contributed by atoms with van der Waals surface area (Å²) in [7, 11) is 0. The molecule has 0 aliphatic heterocycles. The van der Waals surface area contributed by atoms with Gasteiger partial charge in [0.2, 0.25) is 0 Å². The molecule has 4 nitrogen and oxygen atoms in total. The Morgan fingerprint density at radius 1 is 0.314 bits per heavy atom. The van der Waals surface area contributed by atoms with E-state index < -0.39 is 0 Å². The summed E-state index contributed by atoms with van der Waals surface area (Å²) in [5.74, 6) is 1.92. The topological polar surface area (TPSA) is 43.6 Å². The molecule has 0 radical (unpaired) electrons. The van der Waals surface area contributed by atoms with E-state index in [2.05, 4.69) is 168 Å². The molecule has 0 saturated heterocycles. The Kier molecular flexibility index (Phi) is 6.78. The molecule has 8 aromatic carbocycles. The van der Waals surface area contributed by atoms with Gasteiger partial charge in [-0.3, -0.25) is 0 Å². The molecular weight excluding hydrogens is 621 g/mol. The first-order valence-electron chi connectivity index (χ1n) is 17.2. The molecule has 51 heavy (non-hydrogen) atoms. The van der Waals surface area contributed by atoms with Crippen molar-refractivity contribution >= 4 is 43.4 Å². The molecule has 10 aromatic rings. The predicted molar refractivity (Wildman–Crippen MR) is 211 cm³/mol. The highest BCUT2D eigenvalue weighted by molar-refractivity contribution is 6.11. The molecule has 0 N–H and O–H groups in total. The largest absolute Gasteiger partial charge is 0.309 e. The molecule has 0 fully saturated rings. The first-order valence-corrected chi connectivity index (χ1v) is 17.2. The number of aromatic nitrogens is 4. The Labute approximate surface area is 295 Å². The van der Waals surface area contributed by atoms with Gasteiger partial charge in [0.05, 0.1) is 16.7 Å². The van der Waals surface area contributed by atoms with Crippen molar-refractivity contribution in [3.63, 3.8) is 0 Å². The molecule has 0 amide bonds. The van der Waals surface area contributed by atoms with E-state index in [1.165, 1.54) is 38.1 Å². The van der Waals surface area contributed by atoms with E-state index in [9.17, 15) is 0 Å². The summed E-state index contributed by atoms with van der Waals surface area (Å²) in [4.78, 5) is 15.3. The summed E-state index contributed by atoms with van der Waals surface area (Å²) in [6.07, 6.45) is 0. The van der Waals surface area contributed by atoms with Crippen LogP contribution in [0.5, 0.6) is 0 Å². The van der Waals surface area contributed by atoms with Crippen LogP contribution in [0, 0.1) is 0 Å². The van der Waals surface area contributed by atoms with Crippen molar-refractivity contribution in [2.75, 3.05) is 0 Å². The second-order valence-electron chi connectivity index (χ2n) is 12.9. The summed E-state index contributed by atoms with van der Waals surface area (Å²) in [6, 6.07) is 64.0. The van der Waals surface area contributed by atoms with Crippen LogP contribution >= 0.6 is 0 Å². The molecule has 0 bridgehead atoms. The zero-order valence-electron chi connectivity index (χ0n) is 27.6. The Hall–Kier alpha value is -6.91. The standard InChI is InChI=1S/C47H30N4/c1-2-13-33(14-3-1)45-48-46(34-27-24-32(25-28-34)36-29-26-31-12-4-5-15-35(31)30-36)50-47(49-45)41-20-10-19-38-37(41)18-11-23-44(38)51-42-21-8-6-16-39(42)40-17-7-9-22-43(40)51/h1-30H. The van der Waals surface area contributed by atoms with Crippen molar-refractivity contribution in [1.29, 1.82) is 0 Å². The molecule has 238 valence electrons. The van der Waals surface area contributed by atoms with Crippen LogP contribution < -0.4 is 0 Å². The van der Waals surface area contributed by atoms with Crippen LogP contribution in [-0.4, -0.2) is 19.5 Å². The molecule has 0 unspecified atom stereocenters. The van der Waals surface area contributed by atoms with Gasteiger partial charge in [0.15, 0.2) is 17.5 Å². The van der Waals surface area contributed by atoms with Gasteiger partial charge in [0, 0.05) is 32.8 Å². The molecule has 4 heteroatoms. The summed E-state index contributed by atoms with van der Waals surface area (Å²) in [5.41, 5.74) is 8.64. The van der Waals surface area contributed by atoms with E-state index in [0.29, 0.717) is 17.5 Å². The highest BCUT2D eigenvalue weighted by Crippen LogP contribution is 2.37. The van der Waals surface area contributed by atoms with Crippen LogP contribution in [-0.2, 0) is 0 Å². The highest BCUT2D eigenvalue weighted by Gasteiger charge is 2.18. The summed E-state index contributed by atoms with van der Waals surface area (Å²) >= 11 is 0. The molecule has 0 atom stereocenters. The van der Waals surface area contributed by atoms with Gasteiger partial charge in [-0.1, -0.05) is 158 Å². The van der Waals surface area contributed by atoms with E-state index in [-0.39, 0.29) is 0 Å². The van der Waals surface area contributed by atoms with Crippen molar-refractivity contribution in [2.45, 2.75) is 0 Å². The number of benzene rings is 8. The fourth-order valence-corrected chi connectivity index (χ4v) is 7.39. The minimum atomic E-state index is 0.638. The fourth-order valence-electron chi connectivity index (χ4n) is 7.39. The molecule has 0 aliphatic carbocycles. The molecule has 2 aromatic heterocycles.